The smallest absolute Gasteiger partial charge is 0.289 e. The topological polar surface area (TPSA) is 55.1 Å². The molecule has 4 heteroatoms. The van der Waals surface area contributed by atoms with Gasteiger partial charge in [0.2, 0.25) is 5.76 Å². The van der Waals surface area contributed by atoms with Crippen LogP contribution in [0.1, 0.15) is 33.3 Å². The van der Waals surface area contributed by atoms with Crippen molar-refractivity contribution in [2.24, 2.45) is 11.8 Å². The second-order valence-electron chi connectivity index (χ2n) is 5.73. The summed E-state index contributed by atoms with van der Waals surface area (Å²) in [5, 5.41) is 2.97. The summed E-state index contributed by atoms with van der Waals surface area (Å²) in [6.45, 7) is 2.50. The fraction of sp³-hybridized carbons (Fsp3) is 0.375. The second kappa shape index (κ2) is 4.20. The summed E-state index contributed by atoms with van der Waals surface area (Å²) < 4.78 is 5.11. The number of amides is 1. The number of aromatic nitrogens is 1. The molecule has 2 aliphatic rings. The lowest BCUT2D eigenvalue weighted by atomic mass is 10.0. The van der Waals surface area contributed by atoms with Crippen LogP contribution in [0.2, 0.25) is 0 Å². The van der Waals surface area contributed by atoms with Crippen molar-refractivity contribution in [1.29, 1.82) is 0 Å². The van der Waals surface area contributed by atoms with Crippen LogP contribution in [0.5, 0.6) is 0 Å². The van der Waals surface area contributed by atoms with Gasteiger partial charge in [0.25, 0.3) is 5.91 Å². The van der Waals surface area contributed by atoms with Crippen molar-refractivity contribution in [3.8, 4) is 0 Å². The lowest BCUT2D eigenvalue weighted by molar-refractivity contribution is 0.0922. The van der Waals surface area contributed by atoms with Gasteiger partial charge in [0.05, 0.1) is 5.69 Å². The van der Waals surface area contributed by atoms with Crippen LogP contribution in [0.3, 0.4) is 0 Å². The molecule has 4 rings (SSSR count). The highest BCUT2D eigenvalue weighted by Gasteiger charge is 2.55. The van der Waals surface area contributed by atoms with E-state index in [0.29, 0.717) is 29.2 Å². The molecule has 102 valence electrons. The van der Waals surface area contributed by atoms with Crippen molar-refractivity contribution in [3.05, 3.63) is 53.2 Å². The molecule has 3 unspecified atom stereocenters. The first-order chi connectivity index (χ1) is 9.75. The van der Waals surface area contributed by atoms with Crippen LogP contribution in [0.25, 0.3) is 0 Å². The third-order valence-corrected chi connectivity index (χ3v) is 4.65. The molecule has 1 fully saturated rings. The summed E-state index contributed by atoms with van der Waals surface area (Å²) in [7, 11) is 0. The maximum Gasteiger partial charge on any atom is 0.289 e. The van der Waals surface area contributed by atoms with Crippen LogP contribution >= 0.6 is 0 Å². The second-order valence-corrected chi connectivity index (χ2v) is 5.73. The average molecular weight is 268 g/mol. The predicted molar refractivity (Wildman–Crippen MR) is 73.4 cm³/mol. The van der Waals surface area contributed by atoms with Crippen LogP contribution in [0.4, 0.5) is 0 Å². The zero-order chi connectivity index (χ0) is 13.7. The maximum atomic E-state index is 12.0. The van der Waals surface area contributed by atoms with Crippen LogP contribution in [0, 0.1) is 18.8 Å². The fourth-order valence-corrected chi connectivity index (χ4v) is 3.57. The van der Waals surface area contributed by atoms with E-state index < -0.39 is 0 Å². The Kier molecular flexibility index (Phi) is 2.46. The number of carbonyl (C=O) groups is 1. The molecule has 0 aliphatic heterocycles. The summed E-state index contributed by atoms with van der Waals surface area (Å²) in [4.78, 5) is 15.9. The molecule has 4 nitrogen and oxygen atoms in total. The van der Waals surface area contributed by atoms with Crippen LogP contribution in [-0.2, 0) is 6.42 Å². The third kappa shape index (κ3) is 1.68. The number of aryl methyl sites for hydroxylation is 1. The molecule has 0 saturated heterocycles. The van der Waals surface area contributed by atoms with E-state index in [1.165, 1.54) is 17.5 Å². The monoisotopic (exact) mass is 268 g/mol. The van der Waals surface area contributed by atoms with Gasteiger partial charge in [-0.05, 0) is 42.2 Å². The first-order valence-corrected chi connectivity index (χ1v) is 7.02. The Morgan fingerprint density at radius 3 is 3.10 bits per heavy atom. The van der Waals surface area contributed by atoms with Gasteiger partial charge >= 0.3 is 0 Å². The molecule has 0 radical (unpaired) electrons. The molecular formula is C16H16N2O2. The lowest BCUT2D eigenvalue weighted by Gasteiger charge is -2.08. The van der Waals surface area contributed by atoms with Crippen molar-refractivity contribution in [2.45, 2.75) is 19.3 Å². The van der Waals surface area contributed by atoms with Gasteiger partial charge in [-0.1, -0.05) is 24.3 Å². The Hall–Kier alpha value is -2.10. The highest BCUT2D eigenvalue weighted by Crippen LogP contribution is 2.60. The molecular weight excluding hydrogens is 252 g/mol. The minimum atomic E-state index is -0.154. The normalized spacial score (nSPS) is 25.9. The summed E-state index contributed by atoms with van der Waals surface area (Å²) in [5.41, 5.74) is 3.60. The van der Waals surface area contributed by atoms with E-state index >= 15 is 0 Å². The zero-order valence-corrected chi connectivity index (χ0v) is 11.3. The van der Waals surface area contributed by atoms with Gasteiger partial charge in [-0.3, -0.25) is 4.79 Å². The Labute approximate surface area is 117 Å². The van der Waals surface area contributed by atoms with E-state index in [0.717, 1.165) is 13.0 Å². The average Bonchev–Trinajstić information content (AvgIpc) is 2.81. The molecule has 2 aliphatic carbocycles. The number of hydrogen-bond acceptors (Lipinski definition) is 3. The molecule has 0 spiro atoms. The minimum absolute atomic E-state index is 0.154. The van der Waals surface area contributed by atoms with E-state index in [1.54, 1.807) is 6.92 Å². The molecule has 1 heterocycles. The number of fused-ring (bicyclic) bond motifs is 3. The zero-order valence-electron chi connectivity index (χ0n) is 11.3. The molecule has 2 aromatic rings. The molecule has 1 aromatic heterocycles. The molecule has 1 saturated carbocycles. The Balaban J connectivity index is 1.40. The van der Waals surface area contributed by atoms with Gasteiger partial charge in [-0.2, -0.15) is 0 Å². The SMILES string of the molecule is Cc1ncoc1C(=O)NCC1C2Cc3ccccc3C12. The van der Waals surface area contributed by atoms with E-state index in [1.807, 2.05) is 0 Å². The minimum Gasteiger partial charge on any atom is -0.438 e. The number of nitrogens with zero attached hydrogens (tertiary/aromatic N) is 1. The third-order valence-electron chi connectivity index (χ3n) is 4.65. The fourth-order valence-electron chi connectivity index (χ4n) is 3.57. The largest absolute Gasteiger partial charge is 0.438 e. The highest BCUT2D eigenvalue weighted by molar-refractivity contribution is 5.92. The van der Waals surface area contributed by atoms with Crippen LogP contribution in [0.15, 0.2) is 35.1 Å². The number of benzene rings is 1. The quantitative estimate of drug-likeness (QED) is 0.929. The Bertz CT molecular complexity index is 677. The first kappa shape index (κ1) is 11.7. The van der Waals surface area contributed by atoms with Crippen molar-refractivity contribution >= 4 is 5.91 Å². The Morgan fingerprint density at radius 1 is 1.45 bits per heavy atom. The van der Waals surface area contributed by atoms with Crippen LogP contribution in [-0.4, -0.2) is 17.4 Å². The number of nitrogens with one attached hydrogen (secondary N) is 1. The number of carbonyl (C=O) groups excluding carboxylic acids is 1. The first-order valence-electron chi connectivity index (χ1n) is 7.02. The van der Waals surface area contributed by atoms with Crippen molar-refractivity contribution in [2.75, 3.05) is 6.54 Å². The summed E-state index contributed by atoms with van der Waals surface area (Å²) >= 11 is 0. The van der Waals surface area contributed by atoms with Gasteiger partial charge in [-0.25, -0.2) is 4.98 Å². The molecule has 0 bridgehead atoms. The van der Waals surface area contributed by atoms with Gasteiger partial charge in [0.1, 0.15) is 0 Å². The number of rotatable bonds is 3. The summed E-state index contributed by atoms with van der Waals surface area (Å²) in [6, 6.07) is 8.65. The van der Waals surface area contributed by atoms with E-state index in [-0.39, 0.29) is 5.91 Å². The molecule has 1 N–H and O–H groups in total. The summed E-state index contributed by atoms with van der Waals surface area (Å²) in [6.07, 6.45) is 2.47. The molecule has 1 aromatic carbocycles. The van der Waals surface area contributed by atoms with Crippen LogP contribution < -0.4 is 5.32 Å². The number of oxazole rings is 1. The summed E-state index contributed by atoms with van der Waals surface area (Å²) in [5.74, 6) is 2.11. The van der Waals surface area contributed by atoms with E-state index in [2.05, 4.69) is 34.6 Å². The van der Waals surface area contributed by atoms with Crippen molar-refractivity contribution < 1.29 is 9.21 Å². The predicted octanol–water partition coefficient (Wildman–Crippen LogP) is 2.30. The van der Waals surface area contributed by atoms with Gasteiger partial charge in [0, 0.05) is 6.54 Å². The lowest BCUT2D eigenvalue weighted by Crippen LogP contribution is -2.27. The van der Waals surface area contributed by atoms with Gasteiger partial charge < -0.3 is 9.73 Å². The Morgan fingerprint density at radius 2 is 2.30 bits per heavy atom. The number of hydrogen-bond donors (Lipinski definition) is 1. The van der Waals surface area contributed by atoms with Crippen molar-refractivity contribution in [1.82, 2.24) is 10.3 Å². The van der Waals surface area contributed by atoms with Gasteiger partial charge in [0.15, 0.2) is 6.39 Å². The standard InChI is InChI=1S/C16H16N2O2/c1-9-15(20-8-18-9)16(19)17-7-13-12-6-10-4-2-3-5-11(10)14(12)13/h2-5,8,12-14H,6-7H2,1H3,(H,17,19). The van der Waals surface area contributed by atoms with E-state index in [9.17, 15) is 4.79 Å². The van der Waals surface area contributed by atoms with Gasteiger partial charge in [-0.15, -0.1) is 0 Å². The maximum absolute atomic E-state index is 12.0. The van der Waals surface area contributed by atoms with Crippen molar-refractivity contribution in [3.63, 3.8) is 0 Å². The molecule has 1 amide bonds. The van der Waals surface area contributed by atoms with E-state index in [4.69, 9.17) is 4.42 Å². The highest BCUT2D eigenvalue weighted by atomic mass is 16.3. The molecule has 20 heavy (non-hydrogen) atoms. The molecule has 3 atom stereocenters.